The summed E-state index contributed by atoms with van der Waals surface area (Å²) in [6, 6.07) is 2.82. The summed E-state index contributed by atoms with van der Waals surface area (Å²) in [4.78, 5) is 36.2. The largest absolute Gasteiger partial charge is 0.493 e. The van der Waals surface area contributed by atoms with Gasteiger partial charge in [-0.3, -0.25) is 18.7 Å². The molecule has 11 nitrogen and oxygen atoms in total. The van der Waals surface area contributed by atoms with Gasteiger partial charge in [0.25, 0.3) is 5.91 Å². The van der Waals surface area contributed by atoms with Crippen molar-refractivity contribution in [2.75, 3.05) is 30.7 Å². The molecule has 1 saturated heterocycles. The first-order chi connectivity index (χ1) is 20.8. The van der Waals surface area contributed by atoms with Crippen LogP contribution in [0, 0.1) is 5.82 Å². The first-order valence-corrected chi connectivity index (χ1v) is 14.2. The van der Waals surface area contributed by atoms with E-state index in [1.807, 2.05) is 0 Å². The van der Waals surface area contributed by atoms with Gasteiger partial charge in [-0.15, -0.1) is 0 Å². The van der Waals surface area contributed by atoms with E-state index < -0.39 is 35.0 Å². The van der Waals surface area contributed by atoms with Gasteiger partial charge in [-0.05, 0) is 31.9 Å². The third-order valence-corrected chi connectivity index (χ3v) is 7.66. The molecule has 1 unspecified atom stereocenters. The first kappa shape index (κ1) is 31.0. The lowest BCUT2D eigenvalue weighted by atomic mass is 9.97. The van der Waals surface area contributed by atoms with E-state index in [-0.39, 0.29) is 51.9 Å². The molecule has 4 aromatic rings. The van der Waals surface area contributed by atoms with Gasteiger partial charge in [0.05, 0.1) is 18.4 Å². The van der Waals surface area contributed by atoms with Crippen LogP contribution in [0.5, 0.6) is 5.75 Å². The summed E-state index contributed by atoms with van der Waals surface area (Å²) in [7, 11) is 1.07. The number of ether oxygens (including phenoxy) is 1. The fourth-order valence-electron chi connectivity index (χ4n) is 5.40. The number of aromatic nitrogens is 5. The fourth-order valence-corrected chi connectivity index (χ4v) is 5.62. The smallest absolute Gasteiger partial charge is 0.433 e. The number of rotatable bonds is 7. The molecular weight excluding hydrogens is 608 g/mol. The Morgan fingerprint density at radius 1 is 1.23 bits per heavy atom. The number of hydrogen-bond donors (Lipinski definition) is 2. The van der Waals surface area contributed by atoms with Crippen molar-refractivity contribution < 1.29 is 31.9 Å². The highest BCUT2D eigenvalue weighted by Crippen LogP contribution is 2.40. The Kier molecular flexibility index (Phi) is 8.42. The lowest BCUT2D eigenvalue weighted by Crippen LogP contribution is -2.39. The van der Waals surface area contributed by atoms with Crippen LogP contribution in [-0.4, -0.2) is 60.6 Å². The molecule has 1 aliphatic heterocycles. The number of anilines is 2. The second-order valence-corrected chi connectivity index (χ2v) is 10.6. The number of carbonyl (C=O) groups excluding carboxylic acids is 2. The maximum absolute atomic E-state index is 15.6. The summed E-state index contributed by atoms with van der Waals surface area (Å²) in [5.74, 6) is -2.03. The molecular formula is C28H29ClF4N8O3. The molecule has 44 heavy (non-hydrogen) atoms. The number of benzene rings is 1. The van der Waals surface area contributed by atoms with E-state index in [9.17, 15) is 22.8 Å². The molecule has 3 N–H and O–H groups in total. The molecule has 4 heterocycles. The Morgan fingerprint density at radius 2 is 1.98 bits per heavy atom. The number of amides is 2. The molecule has 0 radical (unpaired) electrons. The van der Waals surface area contributed by atoms with Crippen LogP contribution in [-0.2, 0) is 18.0 Å². The molecule has 5 rings (SSSR count). The third kappa shape index (κ3) is 5.75. The van der Waals surface area contributed by atoms with Crippen LogP contribution in [0.4, 0.5) is 29.2 Å². The molecule has 0 bridgehead atoms. The molecule has 1 aromatic carbocycles. The minimum absolute atomic E-state index is 0.0120. The van der Waals surface area contributed by atoms with Crippen molar-refractivity contribution in [1.29, 1.82) is 0 Å². The van der Waals surface area contributed by atoms with Crippen LogP contribution >= 0.6 is 11.6 Å². The molecule has 1 atom stereocenters. The van der Waals surface area contributed by atoms with Gasteiger partial charge in [0.2, 0.25) is 5.91 Å². The fraction of sp³-hybridized carbons (Fsp3) is 0.393. The molecule has 0 saturated carbocycles. The molecule has 2 amide bonds. The SMILES string of the molecule is CCOc1cc(C(=O)Nc2cc(C(F)(F)F)n(C)n2)c(F)cc1-c1nc(C2CCCN(C(=O)CC)C2)n2c(Cl)cnc(N)c12. The van der Waals surface area contributed by atoms with Crippen molar-refractivity contribution in [3.8, 4) is 17.0 Å². The van der Waals surface area contributed by atoms with E-state index in [0.29, 0.717) is 42.5 Å². The number of alkyl halides is 3. The second-order valence-electron chi connectivity index (χ2n) is 10.3. The molecule has 3 aromatic heterocycles. The summed E-state index contributed by atoms with van der Waals surface area (Å²) in [6.45, 7) is 4.63. The Labute approximate surface area is 254 Å². The highest BCUT2D eigenvalue weighted by Gasteiger charge is 2.35. The number of imidazole rings is 1. The average Bonchev–Trinajstić information content (AvgIpc) is 3.57. The van der Waals surface area contributed by atoms with E-state index in [1.54, 1.807) is 23.1 Å². The van der Waals surface area contributed by atoms with Gasteiger partial charge in [-0.2, -0.15) is 18.3 Å². The molecule has 0 aliphatic carbocycles. The minimum atomic E-state index is -4.70. The van der Waals surface area contributed by atoms with Crippen LogP contribution in [0.3, 0.4) is 0 Å². The normalized spacial score (nSPS) is 15.5. The number of nitrogen functional groups attached to an aromatic ring is 1. The Balaban J connectivity index is 1.59. The zero-order valence-electron chi connectivity index (χ0n) is 24.0. The van der Waals surface area contributed by atoms with E-state index in [2.05, 4.69) is 15.4 Å². The Hall–Kier alpha value is -4.40. The van der Waals surface area contributed by atoms with Gasteiger partial charge in [0.1, 0.15) is 45.3 Å². The number of halogens is 5. The summed E-state index contributed by atoms with van der Waals surface area (Å²) in [6.07, 6.45) is -1.52. The lowest BCUT2D eigenvalue weighted by Gasteiger charge is -2.32. The monoisotopic (exact) mass is 636 g/mol. The van der Waals surface area contributed by atoms with Gasteiger partial charge in [0, 0.05) is 44.1 Å². The van der Waals surface area contributed by atoms with Crippen molar-refractivity contribution >= 4 is 40.6 Å². The van der Waals surface area contributed by atoms with Gasteiger partial charge in [-0.25, -0.2) is 14.4 Å². The predicted octanol–water partition coefficient (Wildman–Crippen LogP) is 5.29. The maximum Gasteiger partial charge on any atom is 0.433 e. The standard InChI is InChI=1S/C28H29ClF4N8O3/c1-4-22(42)40-8-6-7-14(13-40)26-37-23(24-25(34)35-12-20(29)41(24)26)16-9-17(30)15(10-18(16)44-5-2)27(43)36-21-11-19(28(31,32)33)39(3)38-21/h9-12,14H,4-8,13H2,1-3H3,(H2,34,35)(H,36,38,43). The molecule has 234 valence electrons. The Bertz CT molecular complexity index is 1750. The summed E-state index contributed by atoms with van der Waals surface area (Å²) < 4.78 is 63.2. The minimum Gasteiger partial charge on any atom is -0.493 e. The van der Waals surface area contributed by atoms with Crippen LogP contribution in [0.15, 0.2) is 24.4 Å². The first-order valence-electron chi connectivity index (χ1n) is 13.8. The van der Waals surface area contributed by atoms with Crippen molar-refractivity contribution in [2.24, 2.45) is 7.05 Å². The number of nitrogens with two attached hydrogens (primary N) is 1. The Morgan fingerprint density at radius 3 is 2.64 bits per heavy atom. The van der Waals surface area contributed by atoms with E-state index in [0.717, 1.165) is 25.6 Å². The van der Waals surface area contributed by atoms with Gasteiger partial charge < -0.3 is 20.7 Å². The van der Waals surface area contributed by atoms with Crippen LogP contribution < -0.4 is 15.8 Å². The van der Waals surface area contributed by atoms with Crippen molar-refractivity contribution in [3.05, 3.63) is 52.4 Å². The van der Waals surface area contributed by atoms with Crippen molar-refractivity contribution in [2.45, 2.75) is 45.2 Å². The van der Waals surface area contributed by atoms with E-state index in [4.69, 9.17) is 27.1 Å². The van der Waals surface area contributed by atoms with Gasteiger partial charge in [0.15, 0.2) is 5.82 Å². The number of hydrogen-bond acceptors (Lipinski definition) is 7. The summed E-state index contributed by atoms with van der Waals surface area (Å²) in [5, 5.41) is 6.06. The van der Waals surface area contributed by atoms with Gasteiger partial charge >= 0.3 is 6.18 Å². The van der Waals surface area contributed by atoms with Crippen LogP contribution in [0.25, 0.3) is 16.8 Å². The number of fused-ring (bicyclic) bond motifs is 1. The molecule has 16 heteroatoms. The lowest BCUT2D eigenvalue weighted by molar-refractivity contribution is -0.143. The third-order valence-electron chi connectivity index (χ3n) is 7.39. The van der Waals surface area contributed by atoms with Crippen molar-refractivity contribution in [1.82, 2.24) is 29.0 Å². The van der Waals surface area contributed by atoms with Crippen LogP contribution in [0.2, 0.25) is 5.15 Å². The highest BCUT2D eigenvalue weighted by atomic mass is 35.5. The molecule has 1 fully saturated rings. The van der Waals surface area contributed by atoms with Crippen LogP contribution in [0.1, 0.15) is 60.9 Å². The second kappa shape index (κ2) is 11.9. The average molecular weight is 637 g/mol. The topological polar surface area (TPSA) is 133 Å². The number of likely N-dealkylation sites (tertiary alicyclic amines) is 1. The number of carbonyl (C=O) groups is 2. The molecule has 0 spiro atoms. The maximum atomic E-state index is 15.6. The van der Waals surface area contributed by atoms with E-state index >= 15 is 4.39 Å². The van der Waals surface area contributed by atoms with Gasteiger partial charge in [-0.1, -0.05) is 18.5 Å². The highest BCUT2D eigenvalue weighted by molar-refractivity contribution is 6.30. The number of nitrogens with zero attached hydrogens (tertiary/aromatic N) is 6. The van der Waals surface area contributed by atoms with E-state index in [1.165, 1.54) is 6.20 Å². The zero-order valence-corrected chi connectivity index (χ0v) is 24.8. The summed E-state index contributed by atoms with van der Waals surface area (Å²) >= 11 is 6.59. The number of nitrogens with one attached hydrogen (secondary N) is 1. The summed E-state index contributed by atoms with van der Waals surface area (Å²) in [5.41, 5.74) is 5.34. The predicted molar refractivity (Wildman–Crippen MR) is 154 cm³/mol. The number of aryl methyl sites for hydroxylation is 1. The number of piperidine rings is 1. The molecule has 1 aliphatic rings. The quantitative estimate of drug-likeness (QED) is 0.263. The zero-order chi connectivity index (χ0) is 31.9. The van der Waals surface area contributed by atoms with Crippen molar-refractivity contribution in [3.63, 3.8) is 0 Å².